The van der Waals surface area contributed by atoms with E-state index in [-0.39, 0.29) is 12.4 Å². The molecule has 0 radical (unpaired) electrons. The van der Waals surface area contributed by atoms with E-state index in [4.69, 9.17) is 0 Å². The summed E-state index contributed by atoms with van der Waals surface area (Å²) in [5.41, 5.74) is 0. The summed E-state index contributed by atoms with van der Waals surface area (Å²) in [5.74, 6) is 0.769. The fourth-order valence-corrected chi connectivity index (χ4v) is 4.26. The van der Waals surface area contributed by atoms with Crippen LogP contribution >= 0.6 is 23.7 Å². The molecule has 1 N–H and O–H groups in total. The molecule has 2 heterocycles. The second kappa shape index (κ2) is 7.02. The van der Waals surface area contributed by atoms with Crippen LogP contribution in [0.2, 0.25) is 0 Å². The molecule has 5 heteroatoms. The molecular formula is C14H24ClN3S. The Kier molecular flexibility index (Phi) is 5.63. The maximum Gasteiger partial charge on any atom is 0.0959 e. The molecule has 2 aliphatic rings. The minimum Gasteiger partial charge on any atom is -0.312 e. The Labute approximate surface area is 126 Å². The van der Waals surface area contributed by atoms with Crippen molar-refractivity contribution in [1.82, 2.24) is 15.2 Å². The standard InChI is InChI=1S/C14H23N3S.ClH/c1-11-9-17(7-6-15-11)10-13-8-16-14(18-13)12-4-2-3-5-12;/h8,11-12,15H,2-7,9-10H2,1H3;1H/t11-;/m0./s1. The first kappa shape index (κ1) is 15.2. The van der Waals surface area contributed by atoms with Crippen LogP contribution in [0.5, 0.6) is 0 Å². The highest BCUT2D eigenvalue weighted by Crippen LogP contribution is 2.36. The lowest BCUT2D eigenvalue weighted by atomic mass is 10.1. The van der Waals surface area contributed by atoms with Gasteiger partial charge in [0.05, 0.1) is 5.01 Å². The van der Waals surface area contributed by atoms with Crippen molar-refractivity contribution in [2.75, 3.05) is 19.6 Å². The highest BCUT2D eigenvalue weighted by molar-refractivity contribution is 7.11. The van der Waals surface area contributed by atoms with E-state index in [1.807, 2.05) is 11.3 Å². The van der Waals surface area contributed by atoms with Crippen molar-refractivity contribution < 1.29 is 0 Å². The Morgan fingerprint density at radius 2 is 2.21 bits per heavy atom. The molecule has 1 aromatic rings. The lowest BCUT2D eigenvalue weighted by Crippen LogP contribution is -2.48. The summed E-state index contributed by atoms with van der Waals surface area (Å²) in [6, 6.07) is 0.626. The van der Waals surface area contributed by atoms with Gasteiger partial charge in [-0.25, -0.2) is 4.98 Å². The van der Waals surface area contributed by atoms with Gasteiger partial charge in [-0.1, -0.05) is 12.8 Å². The first-order valence-electron chi connectivity index (χ1n) is 7.21. The van der Waals surface area contributed by atoms with Gasteiger partial charge < -0.3 is 5.32 Å². The van der Waals surface area contributed by atoms with E-state index in [0.717, 1.165) is 25.6 Å². The molecule has 0 aromatic carbocycles. The summed E-state index contributed by atoms with van der Waals surface area (Å²) in [5, 5.41) is 4.89. The molecule has 0 bridgehead atoms. The van der Waals surface area contributed by atoms with Crippen LogP contribution in [0, 0.1) is 0 Å². The Hall–Kier alpha value is -0.160. The molecule has 2 fully saturated rings. The summed E-state index contributed by atoms with van der Waals surface area (Å²) in [4.78, 5) is 8.66. The molecule has 1 atom stereocenters. The highest BCUT2D eigenvalue weighted by Gasteiger charge is 2.21. The largest absolute Gasteiger partial charge is 0.312 e. The Bertz CT molecular complexity index is 390. The number of thiazole rings is 1. The molecule has 0 spiro atoms. The van der Waals surface area contributed by atoms with Gasteiger partial charge in [0.2, 0.25) is 0 Å². The van der Waals surface area contributed by atoms with Gasteiger partial charge in [0.1, 0.15) is 0 Å². The first-order chi connectivity index (χ1) is 8.81. The molecule has 19 heavy (non-hydrogen) atoms. The molecule has 1 aliphatic heterocycles. The zero-order valence-electron chi connectivity index (χ0n) is 11.6. The monoisotopic (exact) mass is 301 g/mol. The maximum absolute atomic E-state index is 4.66. The normalized spacial score (nSPS) is 25.4. The minimum absolute atomic E-state index is 0. The van der Waals surface area contributed by atoms with Crippen molar-refractivity contribution in [3.63, 3.8) is 0 Å². The second-order valence-electron chi connectivity index (χ2n) is 5.74. The molecule has 3 nitrogen and oxygen atoms in total. The third kappa shape index (κ3) is 3.91. The van der Waals surface area contributed by atoms with E-state index in [1.54, 1.807) is 0 Å². The number of nitrogens with one attached hydrogen (secondary N) is 1. The van der Waals surface area contributed by atoms with Gasteiger partial charge >= 0.3 is 0 Å². The number of hydrogen-bond acceptors (Lipinski definition) is 4. The summed E-state index contributed by atoms with van der Waals surface area (Å²) in [6.07, 6.45) is 7.63. The van der Waals surface area contributed by atoms with Gasteiger partial charge in [0.15, 0.2) is 0 Å². The summed E-state index contributed by atoms with van der Waals surface area (Å²) >= 11 is 1.95. The molecule has 1 saturated carbocycles. The second-order valence-corrected chi connectivity index (χ2v) is 6.88. The fourth-order valence-electron chi connectivity index (χ4n) is 3.13. The fraction of sp³-hybridized carbons (Fsp3) is 0.786. The minimum atomic E-state index is 0. The average molecular weight is 302 g/mol. The van der Waals surface area contributed by atoms with Crippen LogP contribution in [-0.4, -0.2) is 35.6 Å². The van der Waals surface area contributed by atoms with Crippen molar-refractivity contribution >= 4 is 23.7 Å². The summed E-state index contributed by atoms with van der Waals surface area (Å²) < 4.78 is 0. The smallest absolute Gasteiger partial charge is 0.0959 e. The van der Waals surface area contributed by atoms with Gasteiger partial charge in [-0.3, -0.25) is 4.90 Å². The van der Waals surface area contributed by atoms with E-state index in [0.29, 0.717) is 6.04 Å². The van der Waals surface area contributed by atoms with E-state index < -0.39 is 0 Å². The topological polar surface area (TPSA) is 28.2 Å². The molecule has 3 rings (SSSR count). The SMILES string of the molecule is C[C@H]1CN(Cc2cnc(C3CCCC3)s2)CCN1.Cl. The Morgan fingerprint density at radius 3 is 2.95 bits per heavy atom. The number of rotatable bonds is 3. The van der Waals surface area contributed by atoms with Gasteiger partial charge in [0, 0.05) is 49.2 Å². The Morgan fingerprint density at radius 1 is 1.42 bits per heavy atom. The van der Waals surface area contributed by atoms with E-state index in [2.05, 4.69) is 28.3 Å². The molecule has 0 amide bonds. The third-order valence-corrected chi connectivity index (χ3v) is 5.25. The van der Waals surface area contributed by atoms with Crippen LogP contribution in [-0.2, 0) is 6.54 Å². The van der Waals surface area contributed by atoms with Crippen molar-refractivity contribution in [2.24, 2.45) is 0 Å². The van der Waals surface area contributed by atoms with Crippen molar-refractivity contribution in [1.29, 1.82) is 0 Å². The third-order valence-electron chi connectivity index (χ3n) is 4.11. The maximum atomic E-state index is 4.66. The molecule has 1 aliphatic carbocycles. The molecule has 1 saturated heterocycles. The number of piperazine rings is 1. The summed E-state index contributed by atoms with van der Waals surface area (Å²) in [6.45, 7) is 6.81. The lowest BCUT2D eigenvalue weighted by Gasteiger charge is -2.31. The molecular weight excluding hydrogens is 278 g/mol. The van der Waals surface area contributed by atoms with Crippen molar-refractivity contribution in [2.45, 2.75) is 51.1 Å². The Balaban J connectivity index is 0.00000133. The number of nitrogens with zero attached hydrogens (tertiary/aromatic N) is 2. The number of aromatic nitrogens is 1. The average Bonchev–Trinajstić information content (AvgIpc) is 2.98. The number of hydrogen-bond donors (Lipinski definition) is 1. The molecule has 0 unspecified atom stereocenters. The molecule has 1 aromatic heterocycles. The predicted octanol–water partition coefficient (Wildman–Crippen LogP) is 3.02. The zero-order chi connectivity index (χ0) is 12.4. The molecule has 108 valence electrons. The van der Waals surface area contributed by atoms with Gasteiger partial charge in [-0.15, -0.1) is 23.7 Å². The van der Waals surface area contributed by atoms with Crippen LogP contribution in [0.4, 0.5) is 0 Å². The van der Waals surface area contributed by atoms with Gasteiger partial charge in [-0.2, -0.15) is 0 Å². The van der Waals surface area contributed by atoms with E-state index >= 15 is 0 Å². The van der Waals surface area contributed by atoms with E-state index in [9.17, 15) is 0 Å². The van der Waals surface area contributed by atoms with Crippen LogP contribution in [0.1, 0.15) is 48.4 Å². The van der Waals surface area contributed by atoms with Crippen molar-refractivity contribution in [3.8, 4) is 0 Å². The summed E-state index contributed by atoms with van der Waals surface area (Å²) in [7, 11) is 0. The van der Waals surface area contributed by atoms with Crippen LogP contribution in [0.25, 0.3) is 0 Å². The lowest BCUT2D eigenvalue weighted by molar-refractivity contribution is 0.201. The number of halogens is 1. The quantitative estimate of drug-likeness (QED) is 0.930. The zero-order valence-corrected chi connectivity index (χ0v) is 13.2. The first-order valence-corrected chi connectivity index (χ1v) is 8.03. The van der Waals surface area contributed by atoms with E-state index in [1.165, 1.54) is 42.1 Å². The van der Waals surface area contributed by atoms with Crippen LogP contribution < -0.4 is 5.32 Å². The van der Waals surface area contributed by atoms with Crippen LogP contribution in [0.15, 0.2) is 6.20 Å². The van der Waals surface area contributed by atoms with Gasteiger partial charge in [-0.05, 0) is 19.8 Å². The highest BCUT2D eigenvalue weighted by atomic mass is 35.5. The van der Waals surface area contributed by atoms with Crippen molar-refractivity contribution in [3.05, 3.63) is 16.1 Å². The van der Waals surface area contributed by atoms with Crippen LogP contribution in [0.3, 0.4) is 0 Å². The van der Waals surface area contributed by atoms with Gasteiger partial charge in [0.25, 0.3) is 0 Å². The predicted molar refractivity (Wildman–Crippen MR) is 83.3 cm³/mol.